The van der Waals surface area contributed by atoms with Gasteiger partial charge < -0.3 is 35.1 Å². The monoisotopic (exact) mass is 316 g/mol. The van der Waals surface area contributed by atoms with E-state index in [1.54, 1.807) is 6.33 Å². The summed E-state index contributed by atoms with van der Waals surface area (Å²) in [5.74, 6) is 0. The topological polar surface area (TPSA) is 148 Å². The summed E-state index contributed by atoms with van der Waals surface area (Å²) in [6.07, 6.45) is -2.88. The first kappa shape index (κ1) is 15.9. The first-order valence-electron chi connectivity index (χ1n) is 6.16. The molecule has 1 saturated heterocycles. The van der Waals surface area contributed by atoms with Gasteiger partial charge in [-0.25, -0.2) is 9.97 Å². The van der Waals surface area contributed by atoms with Gasteiger partial charge >= 0.3 is 0 Å². The van der Waals surface area contributed by atoms with Gasteiger partial charge in [0, 0.05) is 0 Å². The van der Waals surface area contributed by atoms with Gasteiger partial charge in [0.25, 0.3) is 0 Å². The van der Waals surface area contributed by atoms with Crippen LogP contribution in [0.15, 0.2) is 12.7 Å². The highest BCUT2D eigenvalue weighted by atomic mass is 32.1. The average Bonchev–Trinajstić information content (AvgIpc) is 2.94. The standard InChI is InChI=1S/C6H12O5.C5H4N4S/c1-2-3(7)4(8)5(9)6(10)11-2;10-5-3-4(7-1-6-3)8-2-9-5/h2-10H,1H3;1-2H,(H2,6,7,8,9,10)/t2-,3-,4+,5-,6?;/m1./s1. The predicted octanol–water partition coefficient (Wildman–Crippen LogP) is -1.18. The number of aliphatic hydroxyl groups is 4. The van der Waals surface area contributed by atoms with Crippen LogP contribution in [0.1, 0.15) is 6.92 Å². The van der Waals surface area contributed by atoms with Crippen LogP contribution in [-0.4, -0.2) is 71.1 Å². The number of imidazole rings is 1. The molecular formula is C11H16N4O5S. The predicted molar refractivity (Wildman–Crippen MR) is 73.6 cm³/mol. The molecule has 1 aliphatic heterocycles. The number of hydrogen-bond donors (Lipinski definition) is 6. The van der Waals surface area contributed by atoms with Gasteiger partial charge in [-0.3, -0.25) is 0 Å². The van der Waals surface area contributed by atoms with E-state index in [1.165, 1.54) is 13.3 Å². The van der Waals surface area contributed by atoms with Gasteiger partial charge in [0.1, 0.15) is 23.8 Å². The van der Waals surface area contributed by atoms with Crippen LogP contribution in [0.3, 0.4) is 0 Å². The van der Waals surface area contributed by atoms with Crippen LogP contribution in [0, 0.1) is 4.64 Å². The van der Waals surface area contributed by atoms with E-state index in [9.17, 15) is 0 Å². The van der Waals surface area contributed by atoms with Crippen molar-refractivity contribution in [3.05, 3.63) is 17.3 Å². The number of ether oxygens (including phenoxy) is 1. The van der Waals surface area contributed by atoms with Crippen molar-refractivity contribution in [1.29, 1.82) is 0 Å². The molecule has 10 heteroatoms. The number of nitrogens with zero attached hydrogens (tertiary/aromatic N) is 2. The molecule has 9 nitrogen and oxygen atoms in total. The van der Waals surface area contributed by atoms with Crippen molar-refractivity contribution in [1.82, 2.24) is 19.9 Å². The minimum atomic E-state index is -1.43. The Labute approximate surface area is 124 Å². The zero-order valence-corrected chi connectivity index (χ0v) is 11.9. The van der Waals surface area contributed by atoms with Crippen molar-refractivity contribution in [2.75, 3.05) is 0 Å². The molecule has 0 aliphatic carbocycles. The molecule has 0 bridgehead atoms. The van der Waals surface area contributed by atoms with E-state index in [4.69, 9.17) is 32.6 Å². The quantitative estimate of drug-likeness (QED) is 0.333. The molecule has 0 amide bonds. The summed E-state index contributed by atoms with van der Waals surface area (Å²) in [5, 5.41) is 36.0. The van der Waals surface area contributed by atoms with Gasteiger partial charge in [-0.2, -0.15) is 0 Å². The average molecular weight is 316 g/mol. The maximum atomic E-state index is 9.09. The lowest BCUT2D eigenvalue weighted by Gasteiger charge is -2.36. The third kappa shape index (κ3) is 3.43. The highest BCUT2D eigenvalue weighted by Gasteiger charge is 2.40. The van der Waals surface area contributed by atoms with Gasteiger partial charge in [0.15, 0.2) is 16.6 Å². The maximum absolute atomic E-state index is 9.09. The minimum absolute atomic E-state index is 0.547. The number of aromatic amines is 2. The second-order valence-electron chi connectivity index (χ2n) is 4.54. The molecule has 6 N–H and O–H groups in total. The normalized spacial score (nSPS) is 32.5. The lowest BCUT2D eigenvalue weighted by molar-refractivity contribution is -0.277. The molecular weight excluding hydrogens is 300 g/mol. The first-order chi connectivity index (χ1) is 9.91. The summed E-state index contributed by atoms with van der Waals surface area (Å²) in [5.41, 5.74) is 1.54. The van der Waals surface area contributed by atoms with Gasteiger partial charge in [-0.05, 0) is 6.92 Å². The van der Waals surface area contributed by atoms with Crippen molar-refractivity contribution in [2.24, 2.45) is 0 Å². The number of hydrogen-bond acceptors (Lipinski definition) is 8. The van der Waals surface area contributed by atoms with Crippen molar-refractivity contribution in [3.8, 4) is 0 Å². The van der Waals surface area contributed by atoms with Crippen LogP contribution in [0.25, 0.3) is 11.2 Å². The number of fused-ring (bicyclic) bond motifs is 1. The third-order valence-electron chi connectivity index (χ3n) is 3.06. The number of H-pyrrole nitrogens is 2. The van der Waals surface area contributed by atoms with E-state index in [-0.39, 0.29) is 0 Å². The fourth-order valence-electron chi connectivity index (χ4n) is 1.81. The van der Waals surface area contributed by atoms with Gasteiger partial charge in [0.05, 0.1) is 18.8 Å². The summed E-state index contributed by atoms with van der Waals surface area (Å²) in [6.45, 7) is 1.50. The second kappa shape index (κ2) is 6.56. The molecule has 0 saturated carbocycles. The summed E-state index contributed by atoms with van der Waals surface area (Å²) in [4.78, 5) is 13.6. The van der Waals surface area contributed by atoms with Crippen LogP contribution in [0.4, 0.5) is 0 Å². The smallest absolute Gasteiger partial charge is 0.183 e. The summed E-state index contributed by atoms with van der Waals surface area (Å²) >= 11 is 4.91. The fraction of sp³-hybridized carbons (Fsp3) is 0.545. The van der Waals surface area contributed by atoms with Crippen molar-refractivity contribution in [2.45, 2.75) is 37.6 Å². The highest BCUT2D eigenvalue weighted by molar-refractivity contribution is 7.71. The second-order valence-corrected chi connectivity index (χ2v) is 4.92. The Hall–Kier alpha value is -1.43. The van der Waals surface area contributed by atoms with Crippen molar-refractivity contribution in [3.63, 3.8) is 0 Å². The van der Waals surface area contributed by atoms with Crippen LogP contribution in [0.2, 0.25) is 0 Å². The molecule has 3 heterocycles. The van der Waals surface area contributed by atoms with Crippen LogP contribution >= 0.6 is 12.2 Å². The SMILES string of the molecule is C[C@H]1OC(O)[C@H](O)[C@@H](O)[C@@H]1O.S=c1nc[nH]c2nc[nH]c12. The molecule has 1 aliphatic rings. The molecule has 116 valence electrons. The third-order valence-corrected chi connectivity index (χ3v) is 3.37. The van der Waals surface area contributed by atoms with Crippen LogP contribution < -0.4 is 0 Å². The van der Waals surface area contributed by atoms with Crippen LogP contribution in [-0.2, 0) is 4.74 Å². The first-order valence-corrected chi connectivity index (χ1v) is 6.57. The number of rotatable bonds is 0. The summed E-state index contributed by atoms with van der Waals surface area (Å²) in [7, 11) is 0. The van der Waals surface area contributed by atoms with Gasteiger partial charge in [-0.1, -0.05) is 12.2 Å². The lowest BCUT2D eigenvalue weighted by Crippen LogP contribution is -2.56. The number of aliphatic hydroxyl groups excluding tert-OH is 4. The molecule has 21 heavy (non-hydrogen) atoms. The van der Waals surface area contributed by atoms with Crippen molar-refractivity contribution >= 4 is 23.4 Å². The molecule has 3 rings (SSSR count). The van der Waals surface area contributed by atoms with E-state index in [1.807, 2.05) is 0 Å². The van der Waals surface area contributed by atoms with E-state index >= 15 is 0 Å². The molecule has 2 aromatic heterocycles. The Morgan fingerprint density at radius 2 is 1.71 bits per heavy atom. The zero-order chi connectivity index (χ0) is 15.6. The number of aromatic nitrogens is 4. The maximum Gasteiger partial charge on any atom is 0.183 e. The molecule has 1 unspecified atom stereocenters. The molecule has 5 atom stereocenters. The Bertz CT molecular complexity index is 633. The van der Waals surface area contributed by atoms with E-state index < -0.39 is 30.7 Å². The van der Waals surface area contributed by atoms with Crippen LogP contribution in [0.5, 0.6) is 0 Å². The Morgan fingerprint density at radius 1 is 1.05 bits per heavy atom. The Morgan fingerprint density at radius 3 is 2.38 bits per heavy atom. The van der Waals surface area contributed by atoms with Gasteiger partial charge in [0.2, 0.25) is 0 Å². The lowest BCUT2D eigenvalue weighted by atomic mass is 10.0. The highest BCUT2D eigenvalue weighted by Crippen LogP contribution is 2.18. The minimum Gasteiger partial charge on any atom is -0.388 e. The molecule has 0 spiro atoms. The Kier molecular flexibility index (Phi) is 4.98. The van der Waals surface area contributed by atoms with E-state index in [0.717, 1.165) is 11.2 Å². The van der Waals surface area contributed by atoms with E-state index in [2.05, 4.69) is 24.7 Å². The molecule has 0 aromatic carbocycles. The van der Waals surface area contributed by atoms with Crippen molar-refractivity contribution < 1.29 is 25.2 Å². The Balaban J connectivity index is 0.000000154. The summed E-state index contributed by atoms with van der Waals surface area (Å²) < 4.78 is 5.22. The molecule has 1 fully saturated rings. The zero-order valence-electron chi connectivity index (χ0n) is 11.0. The van der Waals surface area contributed by atoms with Gasteiger partial charge in [-0.15, -0.1) is 0 Å². The largest absolute Gasteiger partial charge is 0.388 e. The fourth-order valence-corrected chi connectivity index (χ4v) is 2.02. The number of nitrogens with one attached hydrogen (secondary N) is 2. The molecule has 0 radical (unpaired) electrons. The van der Waals surface area contributed by atoms with E-state index in [0.29, 0.717) is 4.64 Å². The molecule has 2 aromatic rings. The summed E-state index contributed by atoms with van der Waals surface area (Å²) in [6, 6.07) is 0.